The van der Waals surface area contributed by atoms with Gasteiger partial charge in [-0.1, -0.05) is 72.3 Å². The topological polar surface area (TPSA) is 85.5 Å². The van der Waals surface area contributed by atoms with Gasteiger partial charge in [-0.25, -0.2) is 14.1 Å². The molecule has 3 heterocycles. The first kappa shape index (κ1) is 26.6. The summed E-state index contributed by atoms with van der Waals surface area (Å²) in [7, 11) is 0. The second-order valence-corrected chi connectivity index (χ2v) is 11.1. The quantitative estimate of drug-likeness (QED) is 0.242. The van der Waals surface area contributed by atoms with Gasteiger partial charge in [-0.2, -0.15) is 0 Å². The minimum Gasteiger partial charge on any atom is -0.356 e. The molecule has 7 nitrogen and oxygen atoms in total. The number of aromatic nitrogens is 1. The summed E-state index contributed by atoms with van der Waals surface area (Å²) in [5.41, 5.74) is 6.25. The normalized spacial score (nSPS) is 17.7. The molecule has 0 aliphatic carbocycles. The summed E-state index contributed by atoms with van der Waals surface area (Å²) in [5, 5.41) is 3.92. The van der Waals surface area contributed by atoms with Gasteiger partial charge in [0.1, 0.15) is 17.9 Å². The average molecular weight is 573 g/mol. The van der Waals surface area contributed by atoms with Gasteiger partial charge in [0, 0.05) is 29.6 Å². The van der Waals surface area contributed by atoms with Crippen molar-refractivity contribution in [3.8, 4) is 0 Å². The fraction of sp³-hybridized carbons (Fsp3) is 0.171. The monoisotopic (exact) mass is 572 g/mol. The molecule has 7 rings (SSSR count). The lowest BCUT2D eigenvalue weighted by atomic mass is 9.88. The lowest BCUT2D eigenvalue weighted by Gasteiger charge is -2.36. The third-order valence-corrected chi connectivity index (χ3v) is 8.44. The second-order valence-electron chi connectivity index (χ2n) is 11.1. The number of anilines is 1. The molecule has 1 fully saturated rings. The molecule has 43 heavy (non-hydrogen) atoms. The Hall–Kier alpha value is -5.24. The smallest absolute Gasteiger partial charge is 0.332 e. The number of rotatable bonds is 6. The van der Waals surface area contributed by atoms with Crippen LogP contribution in [-0.2, 0) is 17.6 Å². The lowest BCUT2D eigenvalue weighted by Crippen LogP contribution is -2.44. The lowest BCUT2D eigenvalue weighted by molar-refractivity contribution is -0.120. The maximum Gasteiger partial charge on any atom is 0.332 e. The predicted octanol–water partition coefficient (Wildman–Crippen LogP) is 6.07. The minimum atomic E-state index is -0.722. The Balaban J connectivity index is 1.23. The number of hydrogen-bond donors (Lipinski definition) is 2. The molecule has 214 valence electrons. The van der Waals surface area contributed by atoms with E-state index in [4.69, 9.17) is 0 Å². The van der Waals surface area contributed by atoms with Crippen LogP contribution in [0.25, 0.3) is 10.9 Å². The summed E-state index contributed by atoms with van der Waals surface area (Å²) >= 11 is 0. The van der Waals surface area contributed by atoms with Gasteiger partial charge < -0.3 is 10.3 Å². The van der Waals surface area contributed by atoms with Crippen molar-refractivity contribution in [3.63, 3.8) is 0 Å². The highest BCUT2D eigenvalue weighted by atomic mass is 19.1. The zero-order valence-corrected chi connectivity index (χ0v) is 23.5. The zero-order valence-electron chi connectivity index (χ0n) is 23.5. The van der Waals surface area contributed by atoms with Crippen molar-refractivity contribution >= 4 is 34.4 Å². The molecule has 1 saturated heterocycles. The second kappa shape index (κ2) is 10.5. The number of nitrogens with zero attached hydrogens (tertiary/aromatic N) is 2. The van der Waals surface area contributed by atoms with Gasteiger partial charge in [0.25, 0.3) is 11.8 Å². The van der Waals surface area contributed by atoms with Crippen LogP contribution in [0.3, 0.4) is 0 Å². The van der Waals surface area contributed by atoms with Crippen molar-refractivity contribution < 1.29 is 18.8 Å². The van der Waals surface area contributed by atoms with Crippen molar-refractivity contribution in [2.45, 2.75) is 31.8 Å². The van der Waals surface area contributed by atoms with Crippen molar-refractivity contribution in [2.75, 3.05) is 11.4 Å². The van der Waals surface area contributed by atoms with Crippen LogP contribution in [0, 0.1) is 12.7 Å². The standard InChI is InChI=1S/C35H29FN4O3/c1-21-10-14-23(15-11-21)32-31-27(25-6-2-4-8-28(25)38-31)20-30-34(42)40(35(43)39(30)32)29-9-5-3-7-26(29)33(41)37-19-18-22-12-16-24(36)17-13-22/h2-17,30,32,38H,18-20H2,1H3,(H,37,41)/t30-,32?/m0/s1. The van der Waals surface area contributed by atoms with Gasteiger partial charge in [0.15, 0.2) is 0 Å². The van der Waals surface area contributed by atoms with E-state index >= 15 is 0 Å². The van der Waals surface area contributed by atoms with Gasteiger partial charge in [0.2, 0.25) is 0 Å². The number of halogens is 1. The maximum atomic E-state index is 14.3. The van der Waals surface area contributed by atoms with E-state index in [-0.39, 0.29) is 23.0 Å². The van der Waals surface area contributed by atoms with E-state index in [1.54, 1.807) is 41.3 Å². The molecule has 0 radical (unpaired) electrons. The van der Waals surface area contributed by atoms with Gasteiger partial charge in [-0.05, 0) is 60.4 Å². The number of carbonyl (C=O) groups is 3. The third-order valence-electron chi connectivity index (χ3n) is 8.44. The van der Waals surface area contributed by atoms with Crippen LogP contribution in [0.4, 0.5) is 14.9 Å². The number of nitrogens with one attached hydrogen (secondary N) is 2. The number of aryl methyl sites for hydroxylation is 1. The largest absolute Gasteiger partial charge is 0.356 e. The summed E-state index contributed by atoms with van der Waals surface area (Å²) in [5.74, 6) is -1.07. The predicted molar refractivity (Wildman–Crippen MR) is 162 cm³/mol. The number of aromatic amines is 1. The van der Waals surface area contributed by atoms with Crippen LogP contribution in [0.5, 0.6) is 0 Å². The van der Waals surface area contributed by atoms with E-state index in [1.807, 2.05) is 55.5 Å². The highest BCUT2D eigenvalue weighted by Gasteiger charge is 2.53. The Morgan fingerprint density at radius 3 is 2.44 bits per heavy atom. The summed E-state index contributed by atoms with van der Waals surface area (Å²) in [6, 6.07) is 27.1. The Bertz CT molecular complexity index is 1880. The van der Waals surface area contributed by atoms with Gasteiger partial charge in [-0.15, -0.1) is 0 Å². The average Bonchev–Trinajstić information content (AvgIpc) is 3.51. The van der Waals surface area contributed by atoms with E-state index in [9.17, 15) is 18.8 Å². The third kappa shape index (κ3) is 4.55. The maximum absolute atomic E-state index is 14.3. The summed E-state index contributed by atoms with van der Waals surface area (Å²) in [6.07, 6.45) is 0.879. The molecular weight excluding hydrogens is 543 g/mol. The van der Waals surface area contributed by atoms with Crippen LogP contribution in [0.1, 0.15) is 44.3 Å². The van der Waals surface area contributed by atoms with Crippen molar-refractivity contribution in [2.24, 2.45) is 0 Å². The number of urea groups is 1. The Morgan fingerprint density at radius 1 is 0.930 bits per heavy atom. The van der Waals surface area contributed by atoms with Crippen molar-refractivity contribution in [3.05, 3.63) is 136 Å². The van der Waals surface area contributed by atoms with Gasteiger partial charge in [0.05, 0.1) is 11.3 Å². The molecule has 2 aliphatic rings. The first-order chi connectivity index (χ1) is 20.9. The van der Waals surface area contributed by atoms with E-state index in [2.05, 4.69) is 10.3 Å². The number of para-hydroxylation sites is 2. The fourth-order valence-electron chi connectivity index (χ4n) is 6.32. The molecule has 1 aromatic heterocycles. The fourth-order valence-corrected chi connectivity index (χ4v) is 6.32. The van der Waals surface area contributed by atoms with Crippen molar-refractivity contribution in [1.82, 2.24) is 15.2 Å². The number of carbonyl (C=O) groups excluding carboxylic acids is 3. The highest BCUT2D eigenvalue weighted by molar-refractivity contribution is 6.24. The van der Waals surface area contributed by atoms with E-state index in [0.717, 1.165) is 43.8 Å². The van der Waals surface area contributed by atoms with Crippen LogP contribution in [0.2, 0.25) is 0 Å². The molecule has 2 aliphatic heterocycles. The van der Waals surface area contributed by atoms with E-state index in [1.165, 1.54) is 12.1 Å². The zero-order chi connectivity index (χ0) is 29.7. The molecule has 4 amide bonds. The minimum absolute atomic E-state index is 0.235. The highest BCUT2D eigenvalue weighted by Crippen LogP contribution is 2.45. The Kier molecular flexibility index (Phi) is 6.54. The number of imide groups is 1. The molecule has 0 spiro atoms. The first-order valence-electron chi connectivity index (χ1n) is 14.3. The molecule has 0 bridgehead atoms. The van der Waals surface area contributed by atoms with Crippen LogP contribution < -0.4 is 10.2 Å². The number of fused-ring (bicyclic) bond motifs is 4. The Morgan fingerprint density at radius 2 is 1.65 bits per heavy atom. The van der Waals surface area contributed by atoms with Crippen LogP contribution in [0.15, 0.2) is 97.1 Å². The molecule has 8 heteroatoms. The van der Waals surface area contributed by atoms with E-state index in [0.29, 0.717) is 19.4 Å². The number of H-pyrrole nitrogens is 1. The summed E-state index contributed by atoms with van der Waals surface area (Å²) in [4.78, 5) is 48.1. The SMILES string of the molecule is Cc1ccc(C2c3[nH]c4ccccc4c3C[C@H]3C(=O)N(c4ccccc4C(=O)NCCc4ccc(F)cc4)C(=O)N23)cc1. The first-order valence-corrected chi connectivity index (χ1v) is 14.3. The molecule has 0 saturated carbocycles. The molecule has 1 unspecified atom stereocenters. The molecule has 2 N–H and O–H groups in total. The summed E-state index contributed by atoms with van der Waals surface area (Å²) < 4.78 is 13.3. The molecule has 2 atom stereocenters. The van der Waals surface area contributed by atoms with Crippen molar-refractivity contribution in [1.29, 1.82) is 0 Å². The van der Waals surface area contributed by atoms with Crippen LogP contribution >= 0.6 is 0 Å². The molecule has 5 aromatic rings. The Labute approximate surface area is 247 Å². The van der Waals surface area contributed by atoms with Gasteiger partial charge >= 0.3 is 6.03 Å². The van der Waals surface area contributed by atoms with Crippen LogP contribution in [-0.4, -0.2) is 40.3 Å². The molecule has 4 aromatic carbocycles. The number of benzene rings is 4. The summed E-state index contributed by atoms with van der Waals surface area (Å²) in [6.45, 7) is 2.32. The van der Waals surface area contributed by atoms with Gasteiger partial charge in [-0.3, -0.25) is 14.5 Å². The van der Waals surface area contributed by atoms with E-state index < -0.39 is 24.0 Å². The number of hydrogen-bond acceptors (Lipinski definition) is 3. The number of amides is 4. The molecular formula is C35H29FN4O3.